The fourth-order valence-electron chi connectivity index (χ4n) is 5.39. The minimum absolute atomic E-state index is 0.607. The quantitative estimate of drug-likeness (QED) is 0.444. The maximum absolute atomic E-state index is 2.47. The highest BCUT2D eigenvalue weighted by atomic mass is 15.0. The molecule has 1 unspecified atom stereocenters. The third-order valence-corrected chi connectivity index (χ3v) is 6.74. The van der Waals surface area contributed by atoms with Gasteiger partial charge in [0.05, 0.1) is 5.52 Å². The number of allylic oxidation sites excluding steroid dienone is 7. The molecule has 3 aromatic rings. The molecule has 1 heteroatoms. The van der Waals surface area contributed by atoms with E-state index in [1.165, 1.54) is 63.8 Å². The van der Waals surface area contributed by atoms with Crippen molar-refractivity contribution in [3.8, 4) is 5.69 Å². The Morgan fingerprint density at radius 3 is 2.69 bits per heavy atom. The normalized spacial score (nSPS) is 20.2. The molecule has 3 aliphatic carbocycles. The molecule has 1 aromatic heterocycles. The Morgan fingerprint density at radius 2 is 1.76 bits per heavy atom. The Morgan fingerprint density at radius 1 is 0.862 bits per heavy atom. The number of para-hydroxylation sites is 1. The van der Waals surface area contributed by atoms with Crippen molar-refractivity contribution in [2.45, 2.75) is 32.1 Å². The molecule has 0 N–H and O–H groups in total. The zero-order chi connectivity index (χ0) is 19.2. The van der Waals surface area contributed by atoms with Crippen molar-refractivity contribution in [2.75, 3.05) is 0 Å². The van der Waals surface area contributed by atoms with E-state index in [9.17, 15) is 0 Å². The predicted octanol–water partition coefficient (Wildman–Crippen LogP) is 7.27. The first kappa shape index (κ1) is 16.9. The van der Waals surface area contributed by atoms with Gasteiger partial charge in [-0.15, -0.1) is 0 Å². The molecule has 142 valence electrons. The molecule has 0 radical (unpaired) electrons. The lowest BCUT2D eigenvalue weighted by Gasteiger charge is -2.27. The van der Waals surface area contributed by atoms with Crippen LogP contribution in [0.25, 0.3) is 28.2 Å². The molecule has 1 nitrogen and oxygen atoms in total. The number of fused-ring (bicyclic) bond motifs is 4. The second kappa shape index (κ2) is 6.77. The van der Waals surface area contributed by atoms with Crippen LogP contribution < -0.4 is 0 Å². The van der Waals surface area contributed by atoms with Crippen molar-refractivity contribution in [1.29, 1.82) is 0 Å². The minimum Gasteiger partial charge on any atom is -0.313 e. The van der Waals surface area contributed by atoms with Crippen LogP contribution in [-0.2, 0) is 6.42 Å². The standard InChI is InChI=1S/C28H25N/c1-2-10-23-20(8-1)9-7-13-24(23)21-16-18-22(19-17-21)29-27-14-5-3-11-25(27)26-12-4-6-15-28(26)29/h1-5,8,10-12,14,16-20H,6-7,9,13,15H2. The van der Waals surface area contributed by atoms with Gasteiger partial charge in [-0.1, -0.05) is 66.8 Å². The Kier molecular flexibility index (Phi) is 3.94. The summed E-state index contributed by atoms with van der Waals surface area (Å²) in [5.74, 6) is 0.607. The van der Waals surface area contributed by atoms with Crippen LogP contribution in [0.15, 0.2) is 84.5 Å². The molecule has 0 aliphatic heterocycles. The number of benzene rings is 2. The topological polar surface area (TPSA) is 4.93 Å². The molecule has 2 aromatic carbocycles. The molecule has 0 amide bonds. The van der Waals surface area contributed by atoms with E-state index in [1.807, 2.05) is 0 Å². The van der Waals surface area contributed by atoms with Gasteiger partial charge >= 0.3 is 0 Å². The summed E-state index contributed by atoms with van der Waals surface area (Å²) in [6.45, 7) is 0. The second-order valence-electron chi connectivity index (χ2n) is 8.38. The lowest BCUT2D eigenvalue weighted by atomic mass is 9.78. The van der Waals surface area contributed by atoms with Gasteiger partial charge < -0.3 is 4.57 Å². The van der Waals surface area contributed by atoms with E-state index in [0.29, 0.717) is 5.92 Å². The zero-order valence-corrected chi connectivity index (χ0v) is 16.6. The van der Waals surface area contributed by atoms with Crippen LogP contribution in [0, 0.1) is 5.92 Å². The molecule has 0 saturated carbocycles. The molecule has 0 spiro atoms. The van der Waals surface area contributed by atoms with Gasteiger partial charge in [-0.3, -0.25) is 0 Å². The largest absolute Gasteiger partial charge is 0.313 e. The Hall–Kier alpha value is -3.06. The first-order chi connectivity index (χ1) is 14.4. The number of rotatable bonds is 2. The fraction of sp³-hybridized carbons (Fsp3) is 0.214. The summed E-state index contributed by atoms with van der Waals surface area (Å²) in [6.07, 6.45) is 19.7. The summed E-state index contributed by atoms with van der Waals surface area (Å²) >= 11 is 0. The molecule has 6 rings (SSSR count). The van der Waals surface area contributed by atoms with Crippen molar-refractivity contribution in [3.63, 3.8) is 0 Å². The average Bonchev–Trinajstić information content (AvgIpc) is 3.13. The van der Waals surface area contributed by atoms with Crippen molar-refractivity contribution in [2.24, 2.45) is 5.92 Å². The van der Waals surface area contributed by atoms with Crippen molar-refractivity contribution in [1.82, 2.24) is 4.57 Å². The Bertz CT molecular complexity index is 1210. The molecular weight excluding hydrogens is 350 g/mol. The van der Waals surface area contributed by atoms with Gasteiger partial charge in [-0.05, 0) is 67.0 Å². The van der Waals surface area contributed by atoms with E-state index in [-0.39, 0.29) is 0 Å². The van der Waals surface area contributed by atoms with Crippen molar-refractivity contribution >= 4 is 22.6 Å². The Labute approximate surface area is 172 Å². The van der Waals surface area contributed by atoms with E-state index < -0.39 is 0 Å². The van der Waals surface area contributed by atoms with E-state index >= 15 is 0 Å². The van der Waals surface area contributed by atoms with Crippen LogP contribution in [0.3, 0.4) is 0 Å². The van der Waals surface area contributed by atoms with Gasteiger partial charge in [-0.2, -0.15) is 0 Å². The smallest absolute Gasteiger partial charge is 0.0537 e. The average molecular weight is 376 g/mol. The van der Waals surface area contributed by atoms with Gasteiger partial charge in [-0.25, -0.2) is 0 Å². The van der Waals surface area contributed by atoms with E-state index in [2.05, 4.69) is 89.6 Å². The lowest BCUT2D eigenvalue weighted by molar-refractivity contribution is 0.616. The van der Waals surface area contributed by atoms with Gasteiger partial charge in [0.15, 0.2) is 0 Å². The zero-order valence-electron chi connectivity index (χ0n) is 16.6. The van der Waals surface area contributed by atoms with E-state index in [4.69, 9.17) is 0 Å². The highest BCUT2D eigenvalue weighted by molar-refractivity contribution is 5.93. The number of nitrogens with zero attached hydrogens (tertiary/aromatic N) is 1. The van der Waals surface area contributed by atoms with Gasteiger partial charge in [0.2, 0.25) is 0 Å². The number of hydrogen-bond acceptors (Lipinski definition) is 0. The first-order valence-corrected chi connectivity index (χ1v) is 10.9. The SMILES string of the molecule is C1=CC2=C(c3ccc(-n4c5c(c6ccccc64)C=CCC5)cc3)CCCC2C=C1. The van der Waals surface area contributed by atoms with Gasteiger partial charge in [0, 0.05) is 28.2 Å². The van der Waals surface area contributed by atoms with Crippen LogP contribution in [0.2, 0.25) is 0 Å². The highest BCUT2D eigenvalue weighted by Crippen LogP contribution is 2.39. The summed E-state index contributed by atoms with van der Waals surface area (Å²) < 4.78 is 2.47. The minimum atomic E-state index is 0.607. The van der Waals surface area contributed by atoms with Crippen LogP contribution >= 0.6 is 0 Å². The molecule has 3 aliphatic rings. The summed E-state index contributed by atoms with van der Waals surface area (Å²) in [6, 6.07) is 18.1. The molecular formula is C28H25N. The summed E-state index contributed by atoms with van der Waals surface area (Å²) in [5, 5.41) is 1.36. The summed E-state index contributed by atoms with van der Waals surface area (Å²) in [4.78, 5) is 0. The predicted molar refractivity (Wildman–Crippen MR) is 123 cm³/mol. The summed E-state index contributed by atoms with van der Waals surface area (Å²) in [7, 11) is 0. The maximum Gasteiger partial charge on any atom is 0.0537 e. The number of aromatic nitrogens is 1. The monoisotopic (exact) mass is 375 g/mol. The van der Waals surface area contributed by atoms with E-state index in [0.717, 1.165) is 12.8 Å². The Balaban J connectivity index is 1.47. The fourth-order valence-corrected chi connectivity index (χ4v) is 5.39. The van der Waals surface area contributed by atoms with Crippen LogP contribution in [-0.4, -0.2) is 4.57 Å². The van der Waals surface area contributed by atoms with Crippen LogP contribution in [0.1, 0.15) is 42.5 Å². The van der Waals surface area contributed by atoms with Gasteiger partial charge in [0.25, 0.3) is 0 Å². The summed E-state index contributed by atoms with van der Waals surface area (Å²) in [5.41, 5.74) is 9.89. The molecule has 1 atom stereocenters. The number of hydrogen-bond donors (Lipinski definition) is 0. The second-order valence-corrected chi connectivity index (χ2v) is 8.38. The first-order valence-electron chi connectivity index (χ1n) is 10.9. The lowest BCUT2D eigenvalue weighted by Crippen LogP contribution is -2.10. The molecule has 0 fully saturated rings. The van der Waals surface area contributed by atoms with Gasteiger partial charge in [0.1, 0.15) is 0 Å². The third-order valence-electron chi connectivity index (χ3n) is 6.74. The van der Waals surface area contributed by atoms with Crippen LogP contribution in [0.5, 0.6) is 0 Å². The van der Waals surface area contributed by atoms with Crippen molar-refractivity contribution < 1.29 is 0 Å². The molecule has 0 saturated heterocycles. The van der Waals surface area contributed by atoms with Crippen LogP contribution in [0.4, 0.5) is 0 Å². The van der Waals surface area contributed by atoms with Crippen molar-refractivity contribution in [3.05, 3.63) is 101 Å². The molecule has 1 heterocycles. The van der Waals surface area contributed by atoms with E-state index in [1.54, 1.807) is 0 Å². The molecule has 29 heavy (non-hydrogen) atoms. The molecule has 0 bridgehead atoms. The third kappa shape index (κ3) is 2.68. The maximum atomic E-state index is 2.47. The highest BCUT2D eigenvalue weighted by Gasteiger charge is 2.22.